The van der Waals surface area contributed by atoms with Gasteiger partial charge in [-0.2, -0.15) is 0 Å². The smallest absolute Gasteiger partial charge is 0.335 e. The SMILES string of the molecule is COCC(C)CN1C(=O)c2ccc(C(=O)O)cc2S1(=O)=O. The second-order valence-electron chi connectivity index (χ2n) is 4.92. The molecule has 8 heteroatoms. The second kappa shape index (κ2) is 5.45. The Balaban J connectivity index is 2.42. The van der Waals surface area contributed by atoms with E-state index in [9.17, 15) is 18.0 Å². The fraction of sp³-hybridized carbons (Fsp3) is 0.385. The molecular weight excluding hydrogens is 298 g/mol. The van der Waals surface area contributed by atoms with Crippen LogP contribution in [0.4, 0.5) is 0 Å². The molecule has 1 aromatic carbocycles. The van der Waals surface area contributed by atoms with Crippen LogP contribution in [0.15, 0.2) is 23.1 Å². The number of methoxy groups -OCH3 is 1. The Morgan fingerprint density at radius 2 is 2.10 bits per heavy atom. The van der Waals surface area contributed by atoms with Crippen molar-refractivity contribution in [2.45, 2.75) is 11.8 Å². The number of nitrogens with zero attached hydrogens (tertiary/aromatic N) is 1. The Labute approximate surface area is 122 Å². The van der Waals surface area contributed by atoms with Crippen molar-refractivity contribution in [3.8, 4) is 0 Å². The minimum absolute atomic E-state index is 0.00427. The fourth-order valence-corrected chi connectivity index (χ4v) is 3.92. The van der Waals surface area contributed by atoms with Crippen LogP contribution in [0, 0.1) is 5.92 Å². The molecule has 1 atom stereocenters. The lowest BCUT2D eigenvalue weighted by Gasteiger charge is -2.19. The number of carbonyl (C=O) groups is 2. The van der Waals surface area contributed by atoms with Crippen molar-refractivity contribution in [1.29, 1.82) is 0 Å². The summed E-state index contributed by atoms with van der Waals surface area (Å²) in [5, 5.41) is 8.92. The molecule has 0 aromatic heterocycles. The van der Waals surface area contributed by atoms with Crippen molar-refractivity contribution >= 4 is 21.9 Å². The van der Waals surface area contributed by atoms with Crippen molar-refractivity contribution in [3.05, 3.63) is 29.3 Å². The third-order valence-electron chi connectivity index (χ3n) is 3.18. The van der Waals surface area contributed by atoms with E-state index >= 15 is 0 Å². The van der Waals surface area contributed by atoms with Crippen LogP contribution in [0.3, 0.4) is 0 Å². The van der Waals surface area contributed by atoms with Crippen molar-refractivity contribution in [1.82, 2.24) is 4.31 Å². The first kappa shape index (κ1) is 15.5. The number of aromatic carboxylic acids is 1. The lowest BCUT2D eigenvalue weighted by atomic mass is 10.1. The molecule has 0 aliphatic carbocycles. The molecule has 1 unspecified atom stereocenters. The Bertz CT molecular complexity index is 697. The number of fused-ring (bicyclic) bond motifs is 1. The Morgan fingerprint density at radius 1 is 1.43 bits per heavy atom. The van der Waals surface area contributed by atoms with Crippen LogP contribution in [0.2, 0.25) is 0 Å². The summed E-state index contributed by atoms with van der Waals surface area (Å²) in [5.74, 6) is -2.04. The van der Waals surface area contributed by atoms with Gasteiger partial charge in [-0.15, -0.1) is 0 Å². The number of carboxylic acid groups (broad SMARTS) is 1. The Hall–Kier alpha value is -1.93. The Morgan fingerprint density at radius 3 is 2.67 bits per heavy atom. The highest BCUT2D eigenvalue weighted by Gasteiger charge is 2.41. The predicted octanol–water partition coefficient (Wildman–Crippen LogP) is 0.812. The molecule has 0 bridgehead atoms. The van der Waals surface area contributed by atoms with Crippen LogP contribution < -0.4 is 0 Å². The van der Waals surface area contributed by atoms with Gasteiger partial charge in [-0.05, 0) is 24.1 Å². The predicted molar refractivity (Wildman–Crippen MR) is 72.7 cm³/mol. The van der Waals surface area contributed by atoms with Crippen LogP contribution in [-0.4, -0.2) is 50.0 Å². The van der Waals surface area contributed by atoms with E-state index in [0.29, 0.717) is 6.61 Å². The Kier molecular flexibility index (Phi) is 4.02. The van der Waals surface area contributed by atoms with Crippen molar-refractivity contribution < 1.29 is 27.9 Å². The molecule has 0 radical (unpaired) electrons. The maximum atomic E-state index is 12.4. The summed E-state index contributed by atoms with van der Waals surface area (Å²) >= 11 is 0. The molecule has 21 heavy (non-hydrogen) atoms. The summed E-state index contributed by atoms with van der Waals surface area (Å²) in [4.78, 5) is 22.9. The fourth-order valence-electron chi connectivity index (χ4n) is 2.21. The number of ether oxygens (including phenoxy) is 1. The number of hydrogen-bond donors (Lipinski definition) is 1. The van der Waals surface area contributed by atoms with Crippen LogP contribution in [0.5, 0.6) is 0 Å². The number of sulfonamides is 1. The molecule has 1 N–H and O–H groups in total. The van der Waals surface area contributed by atoms with E-state index in [1.54, 1.807) is 6.92 Å². The zero-order chi connectivity index (χ0) is 15.8. The number of amides is 1. The van der Waals surface area contributed by atoms with Crippen LogP contribution in [-0.2, 0) is 14.8 Å². The van der Waals surface area contributed by atoms with Gasteiger partial charge in [0.05, 0.1) is 17.7 Å². The molecule has 2 rings (SSSR count). The maximum absolute atomic E-state index is 12.4. The molecule has 1 aliphatic rings. The summed E-state index contributed by atoms with van der Waals surface area (Å²) in [6.45, 7) is 2.07. The molecule has 1 aliphatic heterocycles. The summed E-state index contributed by atoms with van der Waals surface area (Å²) in [6.07, 6.45) is 0. The third kappa shape index (κ3) is 2.64. The van der Waals surface area contributed by atoms with Gasteiger partial charge in [0.1, 0.15) is 4.90 Å². The van der Waals surface area contributed by atoms with Gasteiger partial charge in [0, 0.05) is 13.7 Å². The highest BCUT2D eigenvalue weighted by Crippen LogP contribution is 2.31. The van der Waals surface area contributed by atoms with E-state index in [1.807, 2.05) is 0 Å². The largest absolute Gasteiger partial charge is 0.478 e. The summed E-state index contributed by atoms with van der Waals surface area (Å²) in [5.41, 5.74) is -0.165. The lowest BCUT2D eigenvalue weighted by molar-refractivity contribution is 0.0695. The first-order chi connectivity index (χ1) is 9.78. The summed E-state index contributed by atoms with van der Waals surface area (Å²) < 4.78 is 30.5. The van der Waals surface area contributed by atoms with Gasteiger partial charge in [-0.25, -0.2) is 17.5 Å². The molecule has 7 nitrogen and oxygen atoms in total. The number of carboxylic acids is 1. The molecule has 0 spiro atoms. The highest BCUT2D eigenvalue weighted by molar-refractivity contribution is 7.90. The standard InChI is InChI=1S/C13H15NO6S/c1-8(7-20-2)6-14-12(15)10-4-3-9(13(16)17)5-11(10)21(14,18)19/h3-5,8H,6-7H2,1-2H3,(H,16,17). The maximum Gasteiger partial charge on any atom is 0.335 e. The molecule has 0 fully saturated rings. The molecule has 0 saturated carbocycles. The van der Waals surface area contributed by atoms with E-state index < -0.39 is 21.9 Å². The van der Waals surface area contributed by atoms with Crippen molar-refractivity contribution in [2.24, 2.45) is 5.92 Å². The summed E-state index contributed by atoms with van der Waals surface area (Å²) in [6, 6.07) is 3.47. The normalized spacial score (nSPS) is 17.6. The van der Waals surface area contributed by atoms with Gasteiger partial charge in [0.25, 0.3) is 15.9 Å². The van der Waals surface area contributed by atoms with Gasteiger partial charge in [-0.1, -0.05) is 6.92 Å². The molecule has 0 saturated heterocycles. The van der Waals surface area contributed by atoms with E-state index in [0.717, 1.165) is 10.4 Å². The topological polar surface area (TPSA) is 101 Å². The molecule has 1 aromatic rings. The number of benzene rings is 1. The van der Waals surface area contributed by atoms with E-state index in [2.05, 4.69) is 0 Å². The first-order valence-corrected chi connectivity index (χ1v) is 7.66. The average Bonchev–Trinajstić information content (AvgIpc) is 2.60. The summed E-state index contributed by atoms with van der Waals surface area (Å²) in [7, 11) is -2.51. The van der Waals surface area contributed by atoms with Crippen molar-refractivity contribution in [3.63, 3.8) is 0 Å². The van der Waals surface area contributed by atoms with Crippen LogP contribution in [0.25, 0.3) is 0 Å². The lowest BCUT2D eigenvalue weighted by Crippen LogP contribution is -2.35. The molecule has 114 valence electrons. The number of hydrogen-bond acceptors (Lipinski definition) is 5. The minimum atomic E-state index is -4.00. The zero-order valence-electron chi connectivity index (χ0n) is 11.6. The van der Waals surface area contributed by atoms with Crippen LogP contribution in [0.1, 0.15) is 27.6 Å². The van der Waals surface area contributed by atoms with Gasteiger partial charge in [0.15, 0.2) is 0 Å². The van der Waals surface area contributed by atoms with Gasteiger partial charge in [-0.3, -0.25) is 4.79 Å². The van der Waals surface area contributed by atoms with Gasteiger partial charge < -0.3 is 9.84 Å². The third-order valence-corrected chi connectivity index (χ3v) is 4.97. The molecular formula is C13H15NO6S. The molecule has 1 amide bonds. The van der Waals surface area contributed by atoms with E-state index in [1.165, 1.54) is 19.2 Å². The van der Waals surface area contributed by atoms with E-state index in [-0.39, 0.29) is 28.5 Å². The van der Waals surface area contributed by atoms with Crippen molar-refractivity contribution in [2.75, 3.05) is 20.3 Å². The first-order valence-electron chi connectivity index (χ1n) is 6.22. The number of carbonyl (C=O) groups excluding carboxylic acids is 1. The minimum Gasteiger partial charge on any atom is -0.478 e. The number of rotatable bonds is 5. The van der Waals surface area contributed by atoms with Crippen LogP contribution >= 0.6 is 0 Å². The second-order valence-corrected chi connectivity index (χ2v) is 6.75. The monoisotopic (exact) mass is 313 g/mol. The van der Waals surface area contributed by atoms with E-state index in [4.69, 9.17) is 9.84 Å². The highest BCUT2D eigenvalue weighted by atomic mass is 32.2. The van der Waals surface area contributed by atoms with Gasteiger partial charge in [0.2, 0.25) is 0 Å². The average molecular weight is 313 g/mol. The zero-order valence-corrected chi connectivity index (χ0v) is 12.4. The quantitative estimate of drug-likeness (QED) is 0.863. The molecule has 1 heterocycles. The van der Waals surface area contributed by atoms with Gasteiger partial charge >= 0.3 is 5.97 Å².